The Bertz CT molecular complexity index is 355. The van der Waals surface area contributed by atoms with Gasteiger partial charge in [0.15, 0.2) is 11.5 Å². The zero-order chi connectivity index (χ0) is 10.1. The molecule has 4 heteroatoms. The van der Waals surface area contributed by atoms with E-state index in [-0.39, 0.29) is 18.4 Å². The highest BCUT2D eigenvalue weighted by atomic mass is 35.5. The van der Waals surface area contributed by atoms with Crippen LogP contribution in [0.1, 0.15) is 23.6 Å². The molecule has 1 atom stereocenters. The molecule has 0 spiro atoms. The van der Waals surface area contributed by atoms with Crippen molar-refractivity contribution in [3.8, 4) is 11.5 Å². The maximum absolute atomic E-state index is 5.97. The van der Waals surface area contributed by atoms with E-state index in [1.807, 2.05) is 12.1 Å². The van der Waals surface area contributed by atoms with Gasteiger partial charge in [0, 0.05) is 11.6 Å². The third-order valence-electron chi connectivity index (χ3n) is 2.79. The van der Waals surface area contributed by atoms with Gasteiger partial charge >= 0.3 is 0 Å². The van der Waals surface area contributed by atoms with E-state index >= 15 is 0 Å². The fourth-order valence-corrected chi connectivity index (χ4v) is 2.07. The third kappa shape index (κ3) is 1.90. The third-order valence-corrected chi connectivity index (χ3v) is 2.79. The van der Waals surface area contributed by atoms with Crippen molar-refractivity contribution in [1.82, 2.24) is 0 Å². The average molecular weight is 230 g/mol. The van der Waals surface area contributed by atoms with Crippen molar-refractivity contribution < 1.29 is 9.47 Å². The molecule has 84 valence electrons. The van der Waals surface area contributed by atoms with Gasteiger partial charge in [0.25, 0.3) is 0 Å². The summed E-state index contributed by atoms with van der Waals surface area (Å²) in [5, 5.41) is 0. The zero-order valence-electron chi connectivity index (χ0n) is 8.95. The lowest BCUT2D eigenvalue weighted by molar-refractivity contribution is 0.352. The van der Waals surface area contributed by atoms with E-state index < -0.39 is 0 Å². The van der Waals surface area contributed by atoms with Gasteiger partial charge < -0.3 is 15.2 Å². The molecule has 2 rings (SSSR count). The molecule has 0 saturated carbocycles. The van der Waals surface area contributed by atoms with E-state index in [9.17, 15) is 0 Å². The van der Waals surface area contributed by atoms with Crippen LogP contribution >= 0.6 is 12.4 Å². The van der Waals surface area contributed by atoms with Crippen LogP contribution in [0.2, 0.25) is 0 Å². The van der Waals surface area contributed by atoms with Gasteiger partial charge in [0.1, 0.15) is 0 Å². The predicted molar refractivity (Wildman–Crippen MR) is 62.0 cm³/mol. The van der Waals surface area contributed by atoms with Gasteiger partial charge in [-0.05, 0) is 24.5 Å². The molecular formula is C11H16ClNO2. The predicted octanol–water partition coefficient (Wildman–Crippen LogP) is 2.07. The molecule has 15 heavy (non-hydrogen) atoms. The van der Waals surface area contributed by atoms with Crippen molar-refractivity contribution >= 4 is 12.4 Å². The standard InChI is InChI=1S/C11H15NO2.ClH/c1-13-10-6-4-7-8(11(10)14-2)3-5-9(7)12;/h4,6,9H,3,5,12H2,1-2H3;1H/t9-;/m1./s1. The van der Waals surface area contributed by atoms with Crippen molar-refractivity contribution in [2.45, 2.75) is 18.9 Å². The lowest BCUT2D eigenvalue weighted by Gasteiger charge is -2.12. The number of methoxy groups -OCH3 is 2. The van der Waals surface area contributed by atoms with Crippen LogP contribution in [0.15, 0.2) is 12.1 Å². The summed E-state index contributed by atoms with van der Waals surface area (Å²) in [4.78, 5) is 0. The van der Waals surface area contributed by atoms with Crippen molar-refractivity contribution in [1.29, 1.82) is 0 Å². The Balaban J connectivity index is 0.00000112. The van der Waals surface area contributed by atoms with E-state index in [1.54, 1.807) is 14.2 Å². The normalized spacial score (nSPS) is 17.9. The molecule has 0 aliphatic heterocycles. The zero-order valence-corrected chi connectivity index (χ0v) is 9.76. The van der Waals surface area contributed by atoms with Gasteiger partial charge in [-0.3, -0.25) is 0 Å². The minimum atomic E-state index is 0. The highest BCUT2D eigenvalue weighted by Crippen LogP contribution is 2.41. The Morgan fingerprint density at radius 1 is 1.27 bits per heavy atom. The van der Waals surface area contributed by atoms with Crippen molar-refractivity contribution in [3.63, 3.8) is 0 Å². The second-order valence-corrected chi connectivity index (χ2v) is 3.51. The quantitative estimate of drug-likeness (QED) is 0.845. The van der Waals surface area contributed by atoms with Crippen molar-refractivity contribution in [2.75, 3.05) is 14.2 Å². The van der Waals surface area contributed by atoms with Gasteiger partial charge in [-0.1, -0.05) is 6.07 Å². The average Bonchev–Trinajstić information content (AvgIpc) is 2.59. The van der Waals surface area contributed by atoms with Crippen LogP contribution in [0.4, 0.5) is 0 Å². The topological polar surface area (TPSA) is 44.5 Å². The van der Waals surface area contributed by atoms with Crippen molar-refractivity contribution in [3.05, 3.63) is 23.3 Å². The molecule has 0 fully saturated rings. The van der Waals surface area contributed by atoms with Crippen LogP contribution in [-0.4, -0.2) is 14.2 Å². The molecular weight excluding hydrogens is 214 g/mol. The van der Waals surface area contributed by atoms with Crippen LogP contribution in [-0.2, 0) is 6.42 Å². The highest BCUT2D eigenvalue weighted by molar-refractivity contribution is 5.85. The summed E-state index contributed by atoms with van der Waals surface area (Å²) in [6.45, 7) is 0. The second-order valence-electron chi connectivity index (χ2n) is 3.51. The van der Waals surface area contributed by atoms with E-state index in [4.69, 9.17) is 15.2 Å². The van der Waals surface area contributed by atoms with Gasteiger partial charge in [0.05, 0.1) is 14.2 Å². The summed E-state index contributed by atoms with van der Waals surface area (Å²) in [6, 6.07) is 4.11. The molecule has 0 aromatic heterocycles. The summed E-state index contributed by atoms with van der Waals surface area (Å²) in [6.07, 6.45) is 1.98. The molecule has 0 amide bonds. The monoisotopic (exact) mass is 229 g/mol. The van der Waals surface area contributed by atoms with Gasteiger partial charge in [-0.15, -0.1) is 12.4 Å². The molecule has 1 aromatic rings. The second kappa shape index (κ2) is 4.73. The fraction of sp³-hybridized carbons (Fsp3) is 0.455. The maximum atomic E-state index is 5.97. The smallest absolute Gasteiger partial charge is 0.164 e. The number of rotatable bonds is 2. The SMILES string of the molecule is COc1ccc2c(c1OC)CC[C@H]2N.Cl. The highest BCUT2D eigenvalue weighted by Gasteiger charge is 2.24. The fourth-order valence-electron chi connectivity index (χ4n) is 2.07. The molecule has 1 aliphatic rings. The number of nitrogens with two attached hydrogens (primary N) is 1. The first-order valence-corrected chi connectivity index (χ1v) is 4.77. The first kappa shape index (κ1) is 12.1. The van der Waals surface area contributed by atoms with Crippen LogP contribution in [0.5, 0.6) is 11.5 Å². The Morgan fingerprint density at radius 3 is 2.60 bits per heavy atom. The minimum absolute atomic E-state index is 0. The van der Waals surface area contributed by atoms with Crippen molar-refractivity contribution in [2.24, 2.45) is 5.73 Å². The summed E-state index contributed by atoms with van der Waals surface area (Å²) < 4.78 is 10.6. The molecule has 0 unspecified atom stereocenters. The number of ether oxygens (including phenoxy) is 2. The summed E-state index contributed by atoms with van der Waals surface area (Å²) in [5.74, 6) is 1.64. The lowest BCUT2D eigenvalue weighted by atomic mass is 10.1. The van der Waals surface area contributed by atoms with E-state index in [2.05, 4.69) is 0 Å². The maximum Gasteiger partial charge on any atom is 0.164 e. The summed E-state index contributed by atoms with van der Waals surface area (Å²) in [7, 11) is 3.32. The molecule has 3 nitrogen and oxygen atoms in total. The van der Waals surface area contributed by atoms with Crippen LogP contribution < -0.4 is 15.2 Å². The van der Waals surface area contributed by atoms with Gasteiger partial charge in [-0.2, -0.15) is 0 Å². The Morgan fingerprint density at radius 2 is 2.00 bits per heavy atom. The van der Waals surface area contributed by atoms with Gasteiger partial charge in [0.2, 0.25) is 0 Å². The van der Waals surface area contributed by atoms with Gasteiger partial charge in [-0.25, -0.2) is 0 Å². The van der Waals surface area contributed by atoms with E-state index in [1.165, 1.54) is 11.1 Å². The Hall–Kier alpha value is -0.930. The molecule has 0 saturated heterocycles. The van der Waals surface area contributed by atoms with Crippen LogP contribution in [0.3, 0.4) is 0 Å². The Labute approximate surface area is 96.0 Å². The minimum Gasteiger partial charge on any atom is -0.493 e. The number of hydrogen-bond acceptors (Lipinski definition) is 3. The molecule has 0 bridgehead atoms. The number of halogens is 1. The van der Waals surface area contributed by atoms with Crippen LogP contribution in [0, 0.1) is 0 Å². The molecule has 0 radical (unpaired) electrons. The lowest BCUT2D eigenvalue weighted by Crippen LogP contribution is -2.05. The number of fused-ring (bicyclic) bond motifs is 1. The summed E-state index contributed by atoms with van der Waals surface area (Å²) >= 11 is 0. The molecule has 2 N–H and O–H groups in total. The number of hydrogen-bond donors (Lipinski definition) is 1. The largest absolute Gasteiger partial charge is 0.493 e. The Kier molecular flexibility index (Phi) is 3.83. The number of benzene rings is 1. The molecule has 1 aliphatic carbocycles. The van der Waals surface area contributed by atoms with E-state index in [0.717, 1.165) is 24.3 Å². The first-order chi connectivity index (χ1) is 6.77. The van der Waals surface area contributed by atoms with Crippen LogP contribution in [0.25, 0.3) is 0 Å². The summed E-state index contributed by atoms with van der Waals surface area (Å²) in [5.41, 5.74) is 8.37. The molecule has 1 aromatic carbocycles. The first-order valence-electron chi connectivity index (χ1n) is 4.77. The van der Waals surface area contributed by atoms with E-state index in [0.29, 0.717) is 0 Å². The molecule has 0 heterocycles.